The van der Waals surface area contributed by atoms with E-state index in [4.69, 9.17) is 11.6 Å². The molecule has 0 amide bonds. The molecule has 1 aliphatic heterocycles. The number of anilines is 1. The maximum atomic E-state index is 13.6. The van der Waals surface area contributed by atoms with Gasteiger partial charge in [0, 0.05) is 24.7 Å². The quantitative estimate of drug-likeness (QED) is 0.891. The van der Waals surface area contributed by atoms with Gasteiger partial charge >= 0.3 is 0 Å². The van der Waals surface area contributed by atoms with E-state index in [1.807, 2.05) is 11.9 Å². The maximum Gasteiger partial charge on any atom is 0.146 e. The lowest BCUT2D eigenvalue weighted by Gasteiger charge is -2.22. The lowest BCUT2D eigenvalue weighted by Crippen LogP contribution is -2.28. The minimum absolute atomic E-state index is 0.212. The van der Waals surface area contributed by atoms with Gasteiger partial charge in [-0.15, -0.1) is 0 Å². The molecule has 1 aliphatic rings. The minimum Gasteiger partial charge on any atom is -0.372 e. The van der Waals surface area contributed by atoms with Gasteiger partial charge in [-0.25, -0.2) is 4.39 Å². The van der Waals surface area contributed by atoms with Crippen LogP contribution in [-0.2, 0) is 0 Å². The number of halogens is 2. The molecule has 1 heterocycles. The molecule has 1 atom stereocenters. The van der Waals surface area contributed by atoms with E-state index in [9.17, 15) is 4.39 Å². The van der Waals surface area contributed by atoms with Gasteiger partial charge in [-0.2, -0.15) is 0 Å². The van der Waals surface area contributed by atoms with Crippen LogP contribution in [0.2, 0.25) is 5.02 Å². The van der Waals surface area contributed by atoms with Crippen LogP contribution in [0.15, 0.2) is 18.2 Å². The molecular weight excluding hydrogens is 239 g/mol. The lowest BCUT2D eigenvalue weighted by molar-refractivity contribution is 0.554. The van der Waals surface area contributed by atoms with Crippen LogP contribution in [0.25, 0.3) is 0 Å². The maximum absolute atomic E-state index is 13.6. The van der Waals surface area contributed by atoms with Crippen LogP contribution in [0.4, 0.5) is 10.1 Å². The van der Waals surface area contributed by atoms with Crippen molar-refractivity contribution >= 4 is 17.3 Å². The van der Waals surface area contributed by atoms with Gasteiger partial charge in [0.15, 0.2) is 0 Å². The van der Waals surface area contributed by atoms with Crippen molar-refractivity contribution in [1.82, 2.24) is 5.32 Å². The summed E-state index contributed by atoms with van der Waals surface area (Å²) >= 11 is 5.88. The van der Waals surface area contributed by atoms with Crippen molar-refractivity contribution in [2.24, 2.45) is 0 Å². The first-order valence-electron chi connectivity index (χ1n) is 6.06. The Hall–Kier alpha value is -0.800. The highest BCUT2D eigenvalue weighted by Gasteiger charge is 2.15. The Morgan fingerprint density at radius 3 is 3.06 bits per heavy atom. The SMILES string of the molecule is CN(CCC1CCCN1)c1cc(Cl)ccc1F. The third kappa shape index (κ3) is 3.33. The van der Waals surface area contributed by atoms with E-state index in [1.54, 1.807) is 12.1 Å². The molecule has 4 heteroatoms. The summed E-state index contributed by atoms with van der Waals surface area (Å²) < 4.78 is 13.6. The predicted octanol–water partition coefficient (Wildman–Crippen LogP) is 3.06. The van der Waals surface area contributed by atoms with E-state index in [-0.39, 0.29) is 5.82 Å². The van der Waals surface area contributed by atoms with E-state index >= 15 is 0 Å². The predicted molar refractivity (Wildman–Crippen MR) is 70.3 cm³/mol. The number of nitrogens with one attached hydrogen (secondary N) is 1. The summed E-state index contributed by atoms with van der Waals surface area (Å²) in [7, 11) is 1.91. The first-order valence-corrected chi connectivity index (χ1v) is 6.44. The highest BCUT2D eigenvalue weighted by Crippen LogP contribution is 2.23. The second-order valence-corrected chi connectivity index (χ2v) is 5.04. The van der Waals surface area contributed by atoms with E-state index < -0.39 is 0 Å². The van der Waals surface area contributed by atoms with Crippen LogP contribution in [-0.4, -0.2) is 26.2 Å². The Bertz CT molecular complexity index is 378. The van der Waals surface area contributed by atoms with Crippen LogP contribution in [0, 0.1) is 5.82 Å². The van der Waals surface area contributed by atoms with Crippen LogP contribution < -0.4 is 10.2 Å². The number of nitrogens with zero attached hydrogens (tertiary/aromatic N) is 1. The van der Waals surface area contributed by atoms with Gasteiger partial charge in [0.2, 0.25) is 0 Å². The van der Waals surface area contributed by atoms with Crippen molar-refractivity contribution in [3.8, 4) is 0 Å². The fourth-order valence-corrected chi connectivity index (χ4v) is 2.42. The third-order valence-electron chi connectivity index (χ3n) is 3.29. The molecule has 2 nitrogen and oxygen atoms in total. The lowest BCUT2D eigenvalue weighted by atomic mass is 10.1. The Morgan fingerprint density at radius 2 is 2.35 bits per heavy atom. The number of hydrogen-bond donors (Lipinski definition) is 1. The zero-order valence-electron chi connectivity index (χ0n) is 10.0. The van der Waals surface area contributed by atoms with Crippen LogP contribution in [0.1, 0.15) is 19.3 Å². The highest BCUT2D eigenvalue weighted by atomic mass is 35.5. The number of rotatable bonds is 4. The van der Waals surface area contributed by atoms with Crippen molar-refractivity contribution in [2.45, 2.75) is 25.3 Å². The Morgan fingerprint density at radius 1 is 1.53 bits per heavy atom. The molecule has 0 spiro atoms. The van der Waals surface area contributed by atoms with Crippen molar-refractivity contribution in [2.75, 3.05) is 25.0 Å². The molecule has 0 bridgehead atoms. The molecule has 94 valence electrons. The van der Waals surface area contributed by atoms with Crippen LogP contribution in [0.3, 0.4) is 0 Å². The Kier molecular flexibility index (Phi) is 4.24. The average Bonchev–Trinajstić information content (AvgIpc) is 2.82. The zero-order valence-corrected chi connectivity index (χ0v) is 10.8. The van der Waals surface area contributed by atoms with Crippen LogP contribution in [0.5, 0.6) is 0 Å². The van der Waals surface area contributed by atoms with Crippen molar-refractivity contribution in [1.29, 1.82) is 0 Å². The fraction of sp³-hybridized carbons (Fsp3) is 0.538. The monoisotopic (exact) mass is 256 g/mol. The molecule has 17 heavy (non-hydrogen) atoms. The van der Waals surface area contributed by atoms with Crippen molar-refractivity contribution < 1.29 is 4.39 Å². The molecule has 1 N–H and O–H groups in total. The van der Waals surface area contributed by atoms with Gasteiger partial charge in [-0.1, -0.05) is 11.6 Å². The second-order valence-electron chi connectivity index (χ2n) is 4.60. The summed E-state index contributed by atoms with van der Waals surface area (Å²) in [6.45, 7) is 1.95. The first-order chi connectivity index (χ1) is 8.16. The van der Waals surface area contributed by atoms with Crippen molar-refractivity contribution in [3.63, 3.8) is 0 Å². The van der Waals surface area contributed by atoms with Gasteiger partial charge in [0.05, 0.1) is 5.69 Å². The third-order valence-corrected chi connectivity index (χ3v) is 3.53. The average molecular weight is 257 g/mol. The molecule has 0 aromatic heterocycles. The normalized spacial score (nSPS) is 19.6. The Labute approximate surface area is 107 Å². The molecule has 1 unspecified atom stereocenters. The van der Waals surface area contributed by atoms with E-state index in [2.05, 4.69) is 5.32 Å². The minimum atomic E-state index is -0.212. The van der Waals surface area contributed by atoms with Gasteiger partial charge in [-0.05, 0) is 44.0 Å². The molecule has 1 aromatic rings. The smallest absolute Gasteiger partial charge is 0.146 e. The molecule has 1 saturated heterocycles. The summed E-state index contributed by atoms with van der Waals surface area (Å²) in [5.41, 5.74) is 0.579. The zero-order chi connectivity index (χ0) is 12.3. The topological polar surface area (TPSA) is 15.3 Å². The number of hydrogen-bond acceptors (Lipinski definition) is 2. The van der Waals surface area contributed by atoms with E-state index in [0.717, 1.165) is 19.5 Å². The van der Waals surface area contributed by atoms with Gasteiger partial charge in [-0.3, -0.25) is 0 Å². The summed E-state index contributed by atoms with van der Waals surface area (Å²) in [6.07, 6.45) is 3.52. The molecular formula is C13H18ClFN2. The summed E-state index contributed by atoms with van der Waals surface area (Å²) in [5, 5.41) is 4.02. The highest BCUT2D eigenvalue weighted by molar-refractivity contribution is 6.30. The fourth-order valence-electron chi connectivity index (χ4n) is 2.25. The number of benzene rings is 1. The standard InChI is InChI=1S/C13H18ClFN2/c1-17(8-6-11-3-2-7-16-11)13-9-10(14)4-5-12(13)15/h4-5,9,11,16H,2-3,6-8H2,1H3. The Balaban J connectivity index is 1.93. The molecule has 1 fully saturated rings. The molecule has 0 saturated carbocycles. The summed E-state index contributed by atoms with van der Waals surface area (Å²) in [5.74, 6) is -0.212. The van der Waals surface area contributed by atoms with E-state index in [0.29, 0.717) is 16.8 Å². The molecule has 0 radical (unpaired) electrons. The van der Waals surface area contributed by atoms with Crippen molar-refractivity contribution in [3.05, 3.63) is 29.0 Å². The molecule has 2 rings (SSSR count). The first kappa shape index (κ1) is 12.7. The van der Waals surface area contributed by atoms with Crippen LogP contribution >= 0.6 is 11.6 Å². The molecule has 0 aliphatic carbocycles. The summed E-state index contributed by atoms with van der Waals surface area (Å²) in [4.78, 5) is 1.93. The van der Waals surface area contributed by atoms with E-state index in [1.165, 1.54) is 18.9 Å². The van der Waals surface area contributed by atoms with Gasteiger partial charge in [0.25, 0.3) is 0 Å². The second kappa shape index (κ2) is 5.69. The molecule has 1 aromatic carbocycles. The van der Waals surface area contributed by atoms with Gasteiger partial charge in [0.1, 0.15) is 5.82 Å². The largest absolute Gasteiger partial charge is 0.372 e. The summed E-state index contributed by atoms with van der Waals surface area (Å²) in [6, 6.07) is 5.26. The van der Waals surface area contributed by atoms with Gasteiger partial charge < -0.3 is 10.2 Å².